The number of aliphatic hydroxyl groups is 1. The summed E-state index contributed by atoms with van der Waals surface area (Å²) in [5.74, 6) is -1.98. The molecule has 2 rings (SSSR count). The molecule has 2 aromatic carbocycles. The largest absolute Gasteiger partial charge is 0.508 e. The highest BCUT2D eigenvalue weighted by molar-refractivity contribution is 6.00. The van der Waals surface area contributed by atoms with Crippen LogP contribution in [0.15, 0.2) is 36.4 Å². The first-order valence-electron chi connectivity index (χ1n) is 13.0. The number of aryl methyl sites for hydroxylation is 3. The molecule has 11 nitrogen and oxygen atoms in total. The van der Waals surface area contributed by atoms with E-state index < -0.39 is 48.1 Å². The molecule has 0 saturated heterocycles. The zero-order valence-electron chi connectivity index (χ0n) is 23.9. The van der Waals surface area contributed by atoms with Crippen molar-refractivity contribution in [3.05, 3.63) is 58.7 Å². The van der Waals surface area contributed by atoms with Gasteiger partial charge in [-0.15, -0.1) is 0 Å². The molecule has 11 heteroatoms. The summed E-state index contributed by atoms with van der Waals surface area (Å²) in [4.78, 5) is 53.2. The zero-order valence-corrected chi connectivity index (χ0v) is 23.9. The number of nitrogens with two attached hydrogens (primary N) is 1. The van der Waals surface area contributed by atoms with Crippen LogP contribution < -0.4 is 16.4 Å². The van der Waals surface area contributed by atoms with Crippen molar-refractivity contribution in [2.75, 3.05) is 18.5 Å². The first kappa shape index (κ1) is 32.1. The molecule has 0 aliphatic carbocycles. The third-order valence-corrected chi connectivity index (χ3v) is 6.12. The molecule has 0 aliphatic heterocycles. The van der Waals surface area contributed by atoms with Crippen molar-refractivity contribution in [1.82, 2.24) is 10.2 Å². The lowest BCUT2D eigenvalue weighted by molar-refractivity contribution is -0.141. The molecular formula is C29H40N4O7. The van der Waals surface area contributed by atoms with Crippen LogP contribution in [0.1, 0.15) is 61.9 Å². The van der Waals surface area contributed by atoms with Crippen LogP contribution in [-0.4, -0.2) is 63.7 Å². The molecule has 40 heavy (non-hydrogen) atoms. The van der Waals surface area contributed by atoms with E-state index in [2.05, 4.69) is 10.6 Å². The van der Waals surface area contributed by atoms with E-state index >= 15 is 0 Å². The number of nitrogens with one attached hydrogen (secondary N) is 2. The number of phenols is 1. The highest BCUT2D eigenvalue weighted by Gasteiger charge is 2.36. The van der Waals surface area contributed by atoms with E-state index in [-0.39, 0.29) is 25.1 Å². The zero-order chi connectivity index (χ0) is 30.2. The van der Waals surface area contributed by atoms with Crippen LogP contribution in [0.2, 0.25) is 0 Å². The standard InChI is InChI=1S/C29H40N4O7/c1-17-8-7-9-18(2)24(17)32-26(37)25(20-10-12-22(35)19(3)16-20)33(14-15-34)27(38)21(11-13-23(30)36)31-28(39)40-29(4,5)6/h7-10,12,16,21,25,34-35H,11,13-15H2,1-6H3,(H2,30,36)(H,31,39)(H,32,37). The van der Waals surface area contributed by atoms with Crippen molar-refractivity contribution in [3.8, 4) is 5.75 Å². The molecule has 6 N–H and O–H groups in total. The Balaban J connectivity index is 2.58. The second kappa shape index (κ2) is 13.8. The number of carbonyl (C=O) groups excluding carboxylic acids is 4. The van der Waals surface area contributed by atoms with E-state index in [9.17, 15) is 29.4 Å². The van der Waals surface area contributed by atoms with E-state index in [1.54, 1.807) is 33.8 Å². The van der Waals surface area contributed by atoms with Gasteiger partial charge in [0.25, 0.3) is 5.91 Å². The average Bonchev–Trinajstić information content (AvgIpc) is 2.84. The molecule has 0 fully saturated rings. The van der Waals surface area contributed by atoms with Gasteiger partial charge in [0.15, 0.2) is 0 Å². The highest BCUT2D eigenvalue weighted by atomic mass is 16.6. The van der Waals surface area contributed by atoms with Crippen molar-refractivity contribution < 1.29 is 34.1 Å². The smallest absolute Gasteiger partial charge is 0.408 e. The van der Waals surface area contributed by atoms with Gasteiger partial charge in [0, 0.05) is 18.7 Å². The Morgan fingerprint density at radius 1 is 1.02 bits per heavy atom. The maximum Gasteiger partial charge on any atom is 0.408 e. The van der Waals surface area contributed by atoms with Gasteiger partial charge in [0.2, 0.25) is 11.8 Å². The SMILES string of the molecule is Cc1cc(C(C(=O)Nc2c(C)cccc2C)N(CCO)C(=O)C(CCC(N)=O)NC(=O)OC(C)(C)C)ccc1O. The third kappa shape index (κ3) is 8.98. The number of aliphatic hydroxyl groups excluding tert-OH is 1. The van der Waals surface area contributed by atoms with Crippen molar-refractivity contribution in [2.24, 2.45) is 5.73 Å². The fraction of sp³-hybridized carbons (Fsp3) is 0.448. The fourth-order valence-electron chi connectivity index (χ4n) is 4.19. The van der Waals surface area contributed by atoms with Crippen molar-refractivity contribution in [2.45, 2.75) is 72.1 Å². The number of amides is 4. The van der Waals surface area contributed by atoms with Gasteiger partial charge < -0.3 is 36.2 Å². The van der Waals surface area contributed by atoms with Crippen LogP contribution in [0, 0.1) is 20.8 Å². The second-order valence-electron chi connectivity index (χ2n) is 10.7. The molecule has 4 amide bonds. The predicted octanol–water partition coefficient (Wildman–Crippen LogP) is 2.98. The van der Waals surface area contributed by atoms with Gasteiger partial charge in [0.05, 0.1) is 6.61 Å². The molecule has 0 aromatic heterocycles. The maximum absolute atomic E-state index is 14.0. The number of ether oxygens (including phenoxy) is 1. The minimum absolute atomic E-state index is 0.00335. The molecule has 0 heterocycles. The molecule has 0 saturated carbocycles. The minimum Gasteiger partial charge on any atom is -0.508 e. The summed E-state index contributed by atoms with van der Waals surface area (Å²) in [6, 6.07) is 7.46. The van der Waals surface area contributed by atoms with Crippen LogP contribution >= 0.6 is 0 Å². The van der Waals surface area contributed by atoms with Crippen molar-refractivity contribution in [3.63, 3.8) is 0 Å². The molecule has 0 radical (unpaired) electrons. The summed E-state index contributed by atoms with van der Waals surface area (Å²) in [5, 5.41) is 25.4. The Morgan fingerprint density at radius 2 is 1.65 bits per heavy atom. The second-order valence-corrected chi connectivity index (χ2v) is 10.7. The van der Waals surface area contributed by atoms with Gasteiger partial charge in [-0.25, -0.2) is 4.79 Å². The number of nitrogens with zero attached hydrogens (tertiary/aromatic N) is 1. The molecule has 0 spiro atoms. The van der Waals surface area contributed by atoms with E-state index in [1.165, 1.54) is 12.1 Å². The minimum atomic E-state index is -1.29. The molecule has 218 valence electrons. The Bertz CT molecular complexity index is 1220. The first-order chi connectivity index (χ1) is 18.6. The van der Waals surface area contributed by atoms with Crippen LogP contribution in [0.25, 0.3) is 0 Å². The summed E-state index contributed by atoms with van der Waals surface area (Å²) >= 11 is 0. The summed E-state index contributed by atoms with van der Waals surface area (Å²) < 4.78 is 5.30. The number of anilines is 1. The van der Waals surface area contributed by atoms with Crippen LogP contribution in [-0.2, 0) is 19.1 Å². The lowest BCUT2D eigenvalue weighted by Gasteiger charge is -2.34. The Labute approximate surface area is 234 Å². The monoisotopic (exact) mass is 556 g/mol. The van der Waals surface area contributed by atoms with Crippen LogP contribution in [0.4, 0.5) is 10.5 Å². The number of aromatic hydroxyl groups is 1. The highest BCUT2D eigenvalue weighted by Crippen LogP contribution is 2.29. The molecule has 0 aliphatic rings. The van der Waals surface area contributed by atoms with E-state index in [0.717, 1.165) is 16.0 Å². The molecule has 2 atom stereocenters. The number of carbonyl (C=O) groups is 4. The lowest BCUT2D eigenvalue weighted by atomic mass is 9.99. The number of hydrogen-bond acceptors (Lipinski definition) is 7. The van der Waals surface area contributed by atoms with Crippen molar-refractivity contribution in [1.29, 1.82) is 0 Å². The topological polar surface area (TPSA) is 171 Å². The quantitative estimate of drug-likeness (QED) is 0.283. The first-order valence-corrected chi connectivity index (χ1v) is 13.0. The summed E-state index contributed by atoms with van der Waals surface area (Å²) in [7, 11) is 0. The van der Waals surface area contributed by atoms with Gasteiger partial charge in [-0.3, -0.25) is 14.4 Å². The average molecular weight is 557 g/mol. The van der Waals surface area contributed by atoms with Gasteiger partial charge >= 0.3 is 6.09 Å². The predicted molar refractivity (Wildman–Crippen MR) is 151 cm³/mol. The number of primary amides is 1. The number of phenolic OH excluding ortho intramolecular Hbond substituents is 1. The van der Waals surface area contributed by atoms with Crippen LogP contribution in [0.5, 0.6) is 5.75 Å². The molecule has 0 bridgehead atoms. The molecule has 2 unspecified atom stereocenters. The fourth-order valence-corrected chi connectivity index (χ4v) is 4.19. The van der Waals surface area contributed by atoms with E-state index in [1.807, 2.05) is 32.0 Å². The third-order valence-electron chi connectivity index (χ3n) is 6.12. The summed E-state index contributed by atoms with van der Waals surface area (Å²) in [5.41, 5.74) is 7.48. The number of benzene rings is 2. The lowest BCUT2D eigenvalue weighted by Crippen LogP contribution is -2.53. The normalized spacial score (nSPS) is 12.7. The van der Waals surface area contributed by atoms with E-state index in [0.29, 0.717) is 16.8 Å². The summed E-state index contributed by atoms with van der Waals surface area (Å²) in [6.45, 7) is 9.53. The van der Waals surface area contributed by atoms with Gasteiger partial charge in [0.1, 0.15) is 23.4 Å². The van der Waals surface area contributed by atoms with Gasteiger partial charge in [-0.1, -0.05) is 24.3 Å². The number of rotatable bonds is 11. The Hall–Kier alpha value is -4.12. The Kier molecular flexibility index (Phi) is 11.1. The van der Waals surface area contributed by atoms with E-state index in [4.69, 9.17) is 10.5 Å². The van der Waals surface area contributed by atoms with Gasteiger partial charge in [-0.2, -0.15) is 0 Å². The number of alkyl carbamates (subject to hydrolysis) is 1. The van der Waals surface area contributed by atoms with Crippen molar-refractivity contribution >= 4 is 29.5 Å². The Morgan fingerprint density at radius 3 is 2.17 bits per heavy atom. The molecular weight excluding hydrogens is 516 g/mol. The number of para-hydroxylation sites is 1. The van der Waals surface area contributed by atoms with Gasteiger partial charge in [-0.05, 0) is 82.3 Å². The number of hydrogen-bond donors (Lipinski definition) is 5. The maximum atomic E-state index is 14.0. The van der Waals surface area contributed by atoms with Crippen LogP contribution in [0.3, 0.4) is 0 Å². The summed E-state index contributed by atoms with van der Waals surface area (Å²) in [6.07, 6.45) is -1.28. The molecule has 2 aromatic rings.